The number of amides is 1. The molecule has 0 saturated carbocycles. The second-order valence-corrected chi connectivity index (χ2v) is 10.0. The Hall–Kier alpha value is -2.57. The minimum atomic E-state index is -0.495. The molecular weight excluding hydrogens is 420 g/mol. The van der Waals surface area contributed by atoms with Crippen LogP contribution in [0.3, 0.4) is 0 Å². The van der Waals surface area contributed by atoms with E-state index in [9.17, 15) is 10.1 Å². The summed E-state index contributed by atoms with van der Waals surface area (Å²) in [5.74, 6) is 0.874. The van der Waals surface area contributed by atoms with Gasteiger partial charge in [-0.25, -0.2) is 9.78 Å². The standard InChI is InChI=1S/C24H36N6O3/c1-24(2,3)33-23(31)30-10-8-27(9-11-30)21-16-19(18-25)26-22(17-21)29-6-4-20(5-7-29)28-12-14-32-15-13-28/h16-17,20H,4-15H2,1-3H3. The normalized spacial score (nSPS) is 21.1. The van der Waals surface area contributed by atoms with Gasteiger partial charge in [0.1, 0.15) is 23.2 Å². The van der Waals surface area contributed by atoms with Gasteiger partial charge in [-0.05, 0) is 39.7 Å². The molecule has 3 saturated heterocycles. The Morgan fingerprint density at radius 1 is 1.03 bits per heavy atom. The number of hydrogen-bond acceptors (Lipinski definition) is 8. The molecule has 0 bridgehead atoms. The van der Waals surface area contributed by atoms with Crippen molar-refractivity contribution in [2.45, 2.75) is 45.3 Å². The number of nitrogens with zero attached hydrogens (tertiary/aromatic N) is 6. The van der Waals surface area contributed by atoms with Crippen LogP contribution < -0.4 is 9.80 Å². The van der Waals surface area contributed by atoms with Gasteiger partial charge in [0.25, 0.3) is 0 Å². The van der Waals surface area contributed by atoms with Crippen LogP contribution in [0.25, 0.3) is 0 Å². The van der Waals surface area contributed by atoms with Crippen molar-refractivity contribution >= 4 is 17.6 Å². The summed E-state index contributed by atoms with van der Waals surface area (Å²) in [6.07, 6.45) is 1.93. The third-order valence-corrected chi connectivity index (χ3v) is 6.56. The highest BCUT2D eigenvalue weighted by molar-refractivity contribution is 5.69. The number of carbonyl (C=O) groups excluding carboxylic acids is 1. The SMILES string of the molecule is CC(C)(C)OC(=O)N1CCN(c2cc(C#N)nc(N3CCC(N4CCOCC4)CC3)c2)CC1. The number of ether oxygens (including phenoxy) is 2. The molecule has 9 heteroatoms. The van der Waals surface area contributed by atoms with Crippen LogP contribution in [0.2, 0.25) is 0 Å². The van der Waals surface area contributed by atoms with Crippen LogP contribution in [0.1, 0.15) is 39.3 Å². The topological polar surface area (TPSA) is 85.2 Å². The van der Waals surface area contributed by atoms with Crippen molar-refractivity contribution in [3.8, 4) is 6.07 Å². The first-order valence-electron chi connectivity index (χ1n) is 12.0. The van der Waals surface area contributed by atoms with Gasteiger partial charge in [0.2, 0.25) is 0 Å². The van der Waals surface area contributed by atoms with E-state index in [0.717, 1.165) is 63.7 Å². The maximum absolute atomic E-state index is 12.4. The Labute approximate surface area is 196 Å². The summed E-state index contributed by atoms with van der Waals surface area (Å²) < 4.78 is 11.0. The molecule has 9 nitrogen and oxygen atoms in total. The van der Waals surface area contributed by atoms with E-state index >= 15 is 0 Å². The number of piperazine rings is 1. The number of nitriles is 1. The van der Waals surface area contributed by atoms with Gasteiger partial charge < -0.3 is 24.2 Å². The van der Waals surface area contributed by atoms with Crippen LogP contribution in [-0.4, -0.2) is 98.1 Å². The lowest BCUT2D eigenvalue weighted by atomic mass is 10.0. The monoisotopic (exact) mass is 456 g/mol. The number of hydrogen-bond donors (Lipinski definition) is 0. The Balaban J connectivity index is 1.38. The van der Waals surface area contributed by atoms with E-state index in [-0.39, 0.29) is 6.09 Å². The Kier molecular flexibility index (Phi) is 7.25. The molecule has 33 heavy (non-hydrogen) atoms. The summed E-state index contributed by atoms with van der Waals surface area (Å²) in [6, 6.07) is 6.78. The predicted octanol–water partition coefficient (Wildman–Crippen LogP) is 2.31. The van der Waals surface area contributed by atoms with Crippen molar-refractivity contribution in [1.82, 2.24) is 14.8 Å². The maximum Gasteiger partial charge on any atom is 0.410 e. The fourth-order valence-electron chi connectivity index (χ4n) is 4.78. The first-order valence-corrected chi connectivity index (χ1v) is 12.0. The van der Waals surface area contributed by atoms with E-state index in [0.29, 0.717) is 37.9 Å². The number of piperidine rings is 1. The van der Waals surface area contributed by atoms with E-state index in [4.69, 9.17) is 9.47 Å². The summed E-state index contributed by atoms with van der Waals surface area (Å²) in [5.41, 5.74) is 0.938. The zero-order chi connectivity index (χ0) is 23.4. The molecule has 1 aromatic heterocycles. The van der Waals surface area contributed by atoms with Gasteiger partial charge in [-0.3, -0.25) is 4.90 Å². The molecule has 0 aliphatic carbocycles. The van der Waals surface area contributed by atoms with E-state index < -0.39 is 5.60 Å². The zero-order valence-corrected chi connectivity index (χ0v) is 20.1. The summed E-state index contributed by atoms with van der Waals surface area (Å²) in [5, 5.41) is 9.58. The number of anilines is 2. The molecule has 0 unspecified atom stereocenters. The predicted molar refractivity (Wildman–Crippen MR) is 127 cm³/mol. The van der Waals surface area contributed by atoms with Gasteiger partial charge in [-0.2, -0.15) is 5.26 Å². The molecular formula is C24H36N6O3. The molecule has 4 rings (SSSR count). The summed E-state index contributed by atoms with van der Waals surface area (Å²) in [7, 11) is 0. The van der Waals surface area contributed by atoms with E-state index in [1.807, 2.05) is 26.8 Å². The van der Waals surface area contributed by atoms with Crippen molar-refractivity contribution in [3.05, 3.63) is 17.8 Å². The van der Waals surface area contributed by atoms with E-state index in [1.54, 1.807) is 4.90 Å². The van der Waals surface area contributed by atoms with Gasteiger partial charge in [-0.1, -0.05) is 0 Å². The number of aromatic nitrogens is 1. The number of rotatable bonds is 3. The molecule has 0 spiro atoms. The van der Waals surface area contributed by atoms with Crippen LogP contribution in [0.5, 0.6) is 0 Å². The first-order chi connectivity index (χ1) is 15.8. The molecule has 0 N–H and O–H groups in total. The molecule has 3 aliphatic rings. The van der Waals surface area contributed by atoms with Crippen molar-refractivity contribution in [3.63, 3.8) is 0 Å². The van der Waals surface area contributed by atoms with E-state index in [1.165, 1.54) is 0 Å². The number of carbonyl (C=O) groups is 1. The molecule has 1 amide bonds. The third-order valence-electron chi connectivity index (χ3n) is 6.56. The minimum Gasteiger partial charge on any atom is -0.444 e. The smallest absolute Gasteiger partial charge is 0.410 e. The lowest BCUT2D eigenvalue weighted by Crippen LogP contribution is -2.50. The van der Waals surface area contributed by atoms with Gasteiger partial charge in [-0.15, -0.1) is 0 Å². The highest BCUT2D eigenvalue weighted by Gasteiger charge is 2.29. The molecule has 4 heterocycles. The summed E-state index contributed by atoms with van der Waals surface area (Å²) in [6.45, 7) is 13.8. The van der Waals surface area contributed by atoms with Crippen LogP contribution in [0.4, 0.5) is 16.3 Å². The Bertz CT molecular complexity index is 858. The zero-order valence-electron chi connectivity index (χ0n) is 20.1. The van der Waals surface area contributed by atoms with Crippen molar-refractivity contribution < 1.29 is 14.3 Å². The second-order valence-electron chi connectivity index (χ2n) is 10.0. The molecule has 0 aromatic carbocycles. The van der Waals surface area contributed by atoms with E-state index in [2.05, 4.69) is 31.8 Å². The molecule has 3 aliphatic heterocycles. The summed E-state index contributed by atoms with van der Waals surface area (Å²) in [4.78, 5) is 25.8. The molecule has 1 aromatic rings. The molecule has 180 valence electrons. The van der Waals surface area contributed by atoms with Crippen molar-refractivity contribution in [2.75, 3.05) is 75.4 Å². The van der Waals surface area contributed by atoms with Crippen molar-refractivity contribution in [1.29, 1.82) is 5.26 Å². The van der Waals surface area contributed by atoms with Crippen LogP contribution in [-0.2, 0) is 9.47 Å². The number of morpholine rings is 1. The second kappa shape index (κ2) is 10.1. The lowest BCUT2D eigenvalue weighted by molar-refractivity contribution is 0.0115. The Morgan fingerprint density at radius 3 is 2.30 bits per heavy atom. The van der Waals surface area contributed by atoms with Crippen LogP contribution in [0.15, 0.2) is 12.1 Å². The maximum atomic E-state index is 12.4. The van der Waals surface area contributed by atoms with Crippen LogP contribution in [0, 0.1) is 11.3 Å². The Morgan fingerprint density at radius 2 is 1.70 bits per heavy atom. The molecule has 0 radical (unpaired) electrons. The third kappa shape index (κ3) is 6.06. The van der Waals surface area contributed by atoms with Gasteiger partial charge in [0.05, 0.1) is 13.2 Å². The van der Waals surface area contributed by atoms with Crippen molar-refractivity contribution in [2.24, 2.45) is 0 Å². The van der Waals surface area contributed by atoms with Crippen LogP contribution >= 0.6 is 0 Å². The summed E-state index contributed by atoms with van der Waals surface area (Å²) >= 11 is 0. The number of pyridine rings is 1. The average molecular weight is 457 g/mol. The molecule has 3 fully saturated rings. The van der Waals surface area contributed by atoms with Gasteiger partial charge in [0.15, 0.2) is 0 Å². The fourth-order valence-corrected chi connectivity index (χ4v) is 4.78. The first kappa shape index (κ1) is 23.6. The highest BCUT2D eigenvalue weighted by Crippen LogP contribution is 2.27. The fraction of sp³-hybridized carbons (Fsp3) is 0.708. The lowest BCUT2D eigenvalue weighted by Gasteiger charge is -2.41. The van der Waals surface area contributed by atoms with Gasteiger partial charge in [0, 0.05) is 70.2 Å². The van der Waals surface area contributed by atoms with Gasteiger partial charge >= 0.3 is 6.09 Å². The highest BCUT2D eigenvalue weighted by atomic mass is 16.6. The average Bonchev–Trinajstić information content (AvgIpc) is 2.83. The quantitative estimate of drug-likeness (QED) is 0.685. The molecule has 0 atom stereocenters. The minimum absolute atomic E-state index is 0.265. The largest absolute Gasteiger partial charge is 0.444 e.